The molecular formula is C21H16FN3. The van der Waals surface area contributed by atoms with Crippen LogP contribution < -0.4 is 5.73 Å². The van der Waals surface area contributed by atoms with E-state index in [1.54, 1.807) is 18.2 Å². The first-order chi connectivity index (χ1) is 12.1. The van der Waals surface area contributed by atoms with Gasteiger partial charge in [-0.3, -0.25) is 4.98 Å². The molecule has 0 unspecified atom stereocenters. The van der Waals surface area contributed by atoms with Gasteiger partial charge in [0.1, 0.15) is 11.6 Å². The second kappa shape index (κ2) is 5.98. The zero-order valence-corrected chi connectivity index (χ0v) is 13.7. The summed E-state index contributed by atoms with van der Waals surface area (Å²) in [5.41, 5.74) is 11.5. The minimum Gasteiger partial charge on any atom is -0.384 e. The minimum atomic E-state index is -0.276. The summed E-state index contributed by atoms with van der Waals surface area (Å²) in [4.78, 5) is 8.90. The maximum absolute atomic E-state index is 13.3. The predicted octanol–water partition coefficient (Wildman–Crippen LogP) is 4.99. The highest BCUT2D eigenvalue weighted by Crippen LogP contribution is 2.33. The molecule has 0 fully saturated rings. The minimum absolute atomic E-state index is 0.276. The second-order valence-corrected chi connectivity index (χ2v) is 6.00. The van der Waals surface area contributed by atoms with Crippen LogP contribution in [0.1, 0.15) is 5.56 Å². The van der Waals surface area contributed by atoms with Gasteiger partial charge in [-0.15, -0.1) is 0 Å². The summed E-state index contributed by atoms with van der Waals surface area (Å²) in [7, 11) is 0. The number of nitrogen functional groups attached to an aromatic ring is 1. The van der Waals surface area contributed by atoms with Crippen LogP contribution in [0.5, 0.6) is 0 Å². The lowest BCUT2D eigenvalue weighted by Gasteiger charge is -2.11. The molecule has 25 heavy (non-hydrogen) atoms. The molecule has 0 amide bonds. The van der Waals surface area contributed by atoms with E-state index >= 15 is 0 Å². The number of hydrogen-bond donors (Lipinski definition) is 1. The van der Waals surface area contributed by atoms with E-state index < -0.39 is 0 Å². The van der Waals surface area contributed by atoms with Gasteiger partial charge in [0.2, 0.25) is 0 Å². The van der Waals surface area contributed by atoms with Crippen molar-refractivity contribution in [1.29, 1.82) is 0 Å². The highest BCUT2D eigenvalue weighted by molar-refractivity contribution is 5.90. The lowest BCUT2D eigenvalue weighted by Crippen LogP contribution is -1.95. The Morgan fingerprint density at radius 1 is 0.880 bits per heavy atom. The standard InChI is InChI=1S/C21H16FN3/c1-13-10-11-24-19-8-4-15(12-18(13)19)17-7-9-20(23)25-21(17)14-2-5-16(22)6-3-14/h2-12H,1H3,(H2,23,25). The third kappa shape index (κ3) is 2.83. The van der Waals surface area contributed by atoms with Crippen molar-refractivity contribution >= 4 is 16.7 Å². The highest BCUT2D eigenvalue weighted by Gasteiger charge is 2.11. The lowest BCUT2D eigenvalue weighted by molar-refractivity contribution is 0.628. The molecule has 0 radical (unpaired) electrons. The van der Waals surface area contributed by atoms with E-state index in [2.05, 4.69) is 23.0 Å². The van der Waals surface area contributed by atoms with Crippen molar-refractivity contribution in [2.24, 2.45) is 0 Å². The monoisotopic (exact) mass is 329 g/mol. The van der Waals surface area contributed by atoms with Crippen LogP contribution in [0.3, 0.4) is 0 Å². The molecule has 2 aromatic carbocycles. The van der Waals surface area contributed by atoms with Crippen LogP contribution in [0.4, 0.5) is 10.2 Å². The van der Waals surface area contributed by atoms with Gasteiger partial charge < -0.3 is 5.73 Å². The van der Waals surface area contributed by atoms with Crippen molar-refractivity contribution in [3.63, 3.8) is 0 Å². The van der Waals surface area contributed by atoms with Gasteiger partial charge in [0.05, 0.1) is 11.2 Å². The number of hydrogen-bond acceptors (Lipinski definition) is 3. The Morgan fingerprint density at radius 2 is 1.64 bits per heavy atom. The number of rotatable bonds is 2. The number of benzene rings is 2. The zero-order valence-electron chi connectivity index (χ0n) is 13.7. The normalized spacial score (nSPS) is 11.0. The van der Waals surface area contributed by atoms with Crippen LogP contribution in [0, 0.1) is 12.7 Å². The summed E-state index contributed by atoms with van der Waals surface area (Å²) < 4.78 is 13.3. The SMILES string of the molecule is Cc1ccnc2ccc(-c3ccc(N)nc3-c3ccc(F)cc3)cc12. The maximum atomic E-state index is 13.3. The van der Waals surface area contributed by atoms with Gasteiger partial charge in [0.15, 0.2) is 0 Å². The van der Waals surface area contributed by atoms with E-state index in [1.807, 2.05) is 30.5 Å². The van der Waals surface area contributed by atoms with E-state index in [0.717, 1.165) is 33.3 Å². The number of halogens is 1. The second-order valence-electron chi connectivity index (χ2n) is 6.00. The number of fused-ring (bicyclic) bond motifs is 1. The molecule has 0 spiro atoms. The molecule has 3 nitrogen and oxygen atoms in total. The van der Waals surface area contributed by atoms with Crippen LogP contribution in [0.2, 0.25) is 0 Å². The van der Waals surface area contributed by atoms with Crippen LogP contribution in [0.15, 0.2) is 66.9 Å². The van der Waals surface area contributed by atoms with Gasteiger partial charge in [0, 0.05) is 22.7 Å². The first kappa shape index (κ1) is 15.3. The number of pyridine rings is 2. The average Bonchev–Trinajstić information content (AvgIpc) is 2.62. The van der Waals surface area contributed by atoms with E-state index in [-0.39, 0.29) is 5.82 Å². The smallest absolute Gasteiger partial charge is 0.124 e. The molecule has 0 aliphatic heterocycles. The molecule has 4 heteroatoms. The van der Waals surface area contributed by atoms with Gasteiger partial charge in [0.25, 0.3) is 0 Å². The first-order valence-electron chi connectivity index (χ1n) is 8.00. The molecule has 2 heterocycles. The zero-order chi connectivity index (χ0) is 17.4. The predicted molar refractivity (Wildman–Crippen MR) is 99.5 cm³/mol. The summed E-state index contributed by atoms with van der Waals surface area (Å²) in [6.45, 7) is 2.07. The van der Waals surface area contributed by atoms with Crippen LogP contribution in [-0.4, -0.2) is 9.97 Å². The number of anilines is 1. The Balaban J connectivity index is 1.94. The molecule has 0 atom stereocenters. The Kier molecular flexibility index (Phi) is 3.65. The molecule has 0 saturated heterocycles. The first-order valence-corrected chi connectivity index (χ1v) is 8.00. The Labute approximate surface area is 145 Å². The van der Waals surface area contributed by atoms with Gasteiger partial charge in [-0.25, -0.2) is 9.37 Å². The van der Waals surface area contributed by atoms with Crippen LogP contribution in [0.25, 0.3) is 33.3 Å². The fourth-order valence-corrected chi connectivity index (χ4v) is 2.99. The van der Waals surface area contributed by atoms with Gasteiger partial charge >= 0.3 is 0 Å². The topological polar surface area (TPSA) is 51.8 Å². The number of nitrogens with zero attached hydrogens (tertiary/aromatic N) is 2. The number of aryl methyl sites for hydroxylation is 1. The molecule has 0 aliphatic carbocycles. The Bertz CT molecular complexity index is 1070. The Morgan fingerprint density at radius 3 is 2.44 bits per heavy atom. The molecule has 4 rings (SSSR count). The summed E-state index contributed by atoms with van der Waals surface area (Å²) in [6, 6.07) is 18.2. The molecule has 0 saturated carbocycles. The van der Waals surface area contributed by atoms with E-state index in [9.17, 15) is 4.39 Å². The maximum Gasteiger partial charge on any atom is 0.124 e. The lowest BCUT2D eigenvalue weighted by atomic mass is 9.97. The van der Waals surface area contributed by atoms with Crippen molar-refractivity contribution in [3.05, 3.63) is 78.2 Å². The van der Waals surface area contributed by atoms with E-state index in [1.165, 1.54) is 17.7 Å². The average molecular weight is 329 g/mol. The number of aromatic nitrogens is 2. The van der Waals surface area contributed by atoms with Crippen molar-refractivity contribution in [2.75, 3.05) is 5.73 Å². The Hall–Kier alpha value is -3.27. The van der Waals surface area contributed by atoms with Crippen molar-refractivity contribution < 1.29 is 4.39 Å². The summed E-state index contributed by atoms with van der Waals surface area (Å²) in [5.74, 6) is 0.156. The van der Waals surface area contributed by atoms with Gasteiger partial charge in [-0.2, -0.15) is 0 Å². The fraction of sp³-hybridized carbons (Fsp3) is 0.0476. The molecule has 0 aliphatic rings. The van der Waals surface area contributed by atoms with Gasteiger partial charge in [-0.05, 0) is 72.6 Å². The van der Waals surface area contributed by atoms with Crippen LogP contribution in [-0.2, 0) is 0 Å². The van der Waals surface area contributed by atoms with Gasteiger partial charge in [-0.1, -0.05) is 6.07 Å². The molecule has 2 aromatic heterocycles. The third-order valence-corrected chi connectivity index (χ3v) is 4.30. The fourth-order valence-electron chi connectivity index (χ4n) is 2.99. The summed E-state index contributed by atoms with van der Waals surface area (Å²) in [5, 5.41) is 1.10. The van der Waals surface area contributed by atoms with Crippen molar-refractivity contribution in [1.82, 2.24) is 9.97 Å². The largest absolute Gasteiger partial charge is 0.384 e. The number of nitrogens with two attached hydrogens (primary N) is 1. The molecule has 0 bridgehead atoms. The summed E-state index contributed by atoms with van der Waals surface area (Å²) >= 11 is 0. The summed E-state index contributed by atoms with van der Waals surface area (Å²) in [6.07, 6.45) is 1.81. The van der Waals surface area contributed by atoms with E-state index in [0.29, 0.717) is 5.82 Å². The third-order valence-electron chi connectivity index (χ3n) is 4.30. The molecule has 122 valence electrons. The van der Waals surface area contributed by atoms with Crippen molar-refractivity contribution in [2.45, 2.75) is 6.92 Å². The molecule has 2 N–H and O–H groups in total. The van der Waals surface area contributed by atoms with Crippen molar-refractivity contribution in [3.8, 4) is 22.4 Å². The van der Waals surface area contributed by atoms with E-state index in [4.69, 9.17) is 5.73 Å². The highest BCUT2D eigenvalue weighted by atomic mass is 19.1. The molecular weight excluding hydrogens is 313 g/mol. The molecule has 4 aromatic rings. The van der Waals surface area contributed by atoms with Crippen LogP contribution >= 0.6 is 0 Å². The quantitative estimate of drug-likeness (QED) is 0.563.